The van der Waals surface area contributed by atoms with Gasteiger partial charge in [0.1, 0.15) is 0 Å². The predicted octanol–water partition coefficient (Wildman–Crippen LogP) is 3.12. The lowest BCUT2D eigenvalue weighted by Crippen LogP contribution is -2.70. The van der Waals surface area contributed by atoms with Crippen LogP contribution in [-0.2, 0) is 9.47 Å². The molecule has 1 saturated heterocycles. The van der Waals surface area contributed by atoms with Crippen molar-refractivity contribution in [2.75, 3.05) is 6.61 Å². The van der Waals surface area contributed by atoms with Gasteiger partial charge in [-0.2, -0.15) is 0 Å². The molecule has 0 amide bonds. The molecular weight excluding hydrogens is 368 g/mol. The number of rotatable bonds is 3. The molecule has 3 saturated carbocycles. The van der Waals surface area contributed by atoms with Crippen molar-refractivity contribution >= 4 is 0 Å². The van der Waals surface area contributed by atoms with E-state index in [2.05, 4.69) is 41.2 Å². The van der Waals surface area contributed by atoms with Crippen molar-refractivity contribution in [2.45, 2.75) is 90.5 Å². The highest BCUT2D eigenvalue weighted by molar-refractivity contribution is 5.16. The molecule has 1 aliphatic heterocycles. The van der Waals surface area contributed by atoms with E-state index in [1.165, 1.54) is 6.08 Å². The number of hydrogen-bond donors (Lipinski definition) is 3. The summed E-state index contributed by atoms with van der Waals surface area (Å²) in [6, 6.07) is 0. The summed E-state index contributed by atoms with van der Waals surface area (Å²) in [7, 11) is 0. The van der Waals surface area contributed by atoms with Gasteiger partial charge in [-0.05, 0) is 54.4 Å². The number of hydrogen-bond acceptors (Lipinski definition) is 5. The molecule has 4 fully saturated rings. The van der Waals surface area contributed by atoms with Gasteiger partial charge in [0, 0.05) is 17.8 Å². The molecule has 5 nitrogen and oxygen atoms in total. The highest BCUT2D eigenvalue weighted by atomic mass is 16.6. The molecule has 2 bridgehead atoms. The molecule has 0 aromatic rings. The Labute approximate surface area is 175 Å². The molecule has 7 unspecified atom stereocenters. The van der Waals surface area contributed by atoms with Gasteiger partial charge in [0.05, 0.1) is 30.5 Å². The molecule has 11 atom stereocenters. The second-order valence-electron chi connectivity index (χ2n) is 11.3. The Morgan fingerprint density at radius 3 is 2.52 bits per heavy atom. The summed E-state index contributed by atoms with van der Waals surface area (Å²) in [5.74, 6) is 1.13. The quantitative estimate of drug-likeness (QED) is 0.494. The van der Waals surface area contributed by atoms with Crippen molar-refractivity contribution in [1.29, 1.82) is 0 Å². The predicted molar refractivity (Wildman–Crippen MR) is 111 cm³/mol. The standard InChI is InChI=1S/C24H40O5/c1-7-19(26)29-21-14(3)20-13(2)8-9-24(27,22(20,4)5)11-16-15-12-28-17(15)10-18(25)23(16,21)6/h7,13-21,25-27H,1,8-12H2,2-6H3/t13?,14?,15?,16?,17?,18-,19?,20?,21+,23-,24+/m0/s1. The van der Waals surface area contributed by atoms with E-state index in [4.69, 9.17) is 9.47 Å². The van der Waals surface area contributed by atoms with Crippen LogP contribution >= 0.6 is 0 Å². The molecule has 4 aliphatic rings. The molecule has 0 radical (unpaired) electrons. The fraction of sp³-hybridized carbons (Fsp3) is 0.917. The topological polar surface area (TPSA) is 79.2 Å². The summed E-state index contributed by atoms with van der Waals surface area (Å²) < 4.78 is 12.1. The maximum absolute atomic E-state index is 12.0. The Morgan fingerprint density at radius 2 is 1.93 bits per heavy atom. The lowest BCUT2D eigenvalue weighted by molar-refractivity contribution is -0.307. The minimum atomic E-state index is -1.07. The van der Waals surface area contributed by atoms with Gasteiger partial charge in [0.2, 0.25) is 0 Å². The third-order valence-corrected chi connectivity index (χ3v) is 9.83. The summed E-state index contributed by atoms with van der Waals surface area (Å²) in [6.45, 7) is 15.4. The van der Waals surface area contributed by atoms with Crippen molar-refractivity contribution in [3.8, 4) is 0 Å². The Morgan fingerprint density at radius 1 is 1.24 bits per heavy atom. The molecule has 29 heavy (non-hydrogen) atoms. The Kier molecular flexibility index (Phi) is 5.27. The van der Waals surface area contributed by atoms with E-state index in [1.54, 1.807) is 0 Å². The van der Waals surface area contributed by atoms with Gasteiger partial charge >= 0.3 is 0 Å². The molecule has 5 heteroatoms. The average Bonchev–Trinajstić information content (AvgIpc) is 2.63. The summed E-state index contributed by atoms with van der Waals surface area (Å²) in [6.07, 6.45) is 2.52. The molecule has 4 rings (SSSR count). The highest BCUT2D eigenvalue weighted by Crippen LogP contribution is 2.65. The van der Waals surface area contributed by atoms with E-state index in [9.17, 15) is 15.3 Å². The van der Waals surface area contributed by atoms with Crippen LogP contribution in [0.15, 0.2) is 12.7 Å². The second kappa shape index (κ2) is 7.03. The van der Waals surface area contributed by atoms with E-state index >= 15 is 0 Å². The van der Waals surface area contributed by atoms with Gasteiger partial charge in [0.25, 0.3) is 0 Å². The van der Waals surface area contributed by atoms with Gasteiger partial charge in [0.15, 0.2) is 6.29 Å². The number of aliphatic hydroxyl groups excluding tert-OH is 2. The fourth-order valence-corrected chi connectivity index (χ4v) is 8.04. The highest BCUT2D eigenvalue weighted by Gasteiger charge is 2.67. The molecule has 166 valence electrons. The molecule has 1 heterocycles. The van der Waals surface area contributed by atoms with E-state index < -0.39 is 23.4 Å². The minimum Gasteiger partial charge on any atom is -0.392 e. The second-order valence-corrected chi connectivity index (χ2v) is 11.3. The van der Waals surface area contributed by atoms with Gasteiger partial charge in [-0.3, -0.25) is 0 Å². The molecule has 0 aromatic heterocycles. The van der Waals surface area contributed by atoms with Crippen molar-refractivity contribution < 1.29 is 24.8 Å². The lowest BCUT2D eigenvalue weighted by atomic mass is 9.43. The van der Waals surface area contributed by atoms with Crippen LogP contribution in [0, 0.1) is 40.4 Å². The first kappa shape index (κ1) is 21.8. The fourth-order valence-electron chi connectivity index (χ4n) is 8.04. The van der Waals surface area contributed by atoms with Gasteiger partial charge in [-0.15, -0.1) is 0 Å². The third kappa shape index (κ3) is 2.91. The van der Waals surface area contributed by atoms with Crippen LogP contribution in [0.4, 0.5) is 0 Å². The summed E-state index contributed by atoms with van der Waals surface area (Å²) >= 11 is 0. The normalized spacial score (nSPS) is 54.8. The van der Waals surface area contributed by atoms with Crippen LogP contribution < -0.4 is 0 Å². The summed E-state index contributed by atoms with van der Waals surface area (Å²) in [5, 5.41) is 33.8. The summed E-state index contributed by atoms with van der Waals surface area (Å²) in [5.41, 5.74) is -1.62. The number of fused-ring (bicyclic) bond motifs is 5. The van der Waals surface area contributed by atoms with Gasteiger partial charge in [-0.1, -0.05) is 41.2 Å². The van der Waals surface area contributed by atoms with Crippen molar-refractivity contribution in [2.24, 2.45) is 40.4 Å². The zero-order valence-corrected chi connectivity index (χ0v) is 18.7. The monoisotopic (exact) mass is 408 g/mol. The smallest absolute Gasteiger partial charge is 0.174 e. The first-order chi connectivity index (χ1) is 13.5. The van der Waals surface area contributed by atoms with Crippen LogP contribution in [0.3, 0.4) is 0 Å². The zero-order valence-electron chi connectivity index (χ0n) is 18.7. The van der Waals surface area contributed by atoms with E-state index in [-0.39, 0.29) is 35.4 Å². The molecule has 0 spiro atoms. The van der Waals surface area contributed by atoms with Crippen LogP contribution in [0.5, 0.6) is 0 Å². The van der Waals surface area contributed by atoms with E-state index in [1.807, 2.05) is 0 Å². The van der Waals surface area contributed by atoms with Gasteiger partial charge in [-0.25, -0.2) is 0 Å². The van der Waals surface area contributed by atoms with Crippen LogP contribution in [0.1, 0.15) is 60.3 Å². The SMILES string of the molecule is C=CC(O)O[C@@H]1C(C)C2C(C)CC[C@@](O)(CC3C4COC4C[C@H](O)[C@]31C)C2(C)C. The number of aliphatic hydroxyl groups is 3. The Hall–Kier alpha value is -0.460. The largest absolute Gasteiger partial charge is 0.392 e. The first-order valence-electron chi connectivity index (χ1n) is 11.5. The van der Waals surface area contributed by atoms with Crippen molar-refractivity contribution in [1.82, 2.24) is 0 Å². The van der Waals surface area contributed by atoms with E-state index in [0.717, 1.165) is 12.8 Å². The van der Waals surface area contributed by atoms with Crippen molar-refractivity contribution in [3.05, 3.63) is 12.7 Å². The maximum Gasteiger partial charge on any atom is 0.174 e. The lowest BCUT2D eigenvalue weighted by Gasteiger charge is -2.67. The minimum absolute atomic E-state index is 0.0628. The molecule has 3 N–H and O–H groups in total. The Balaban J connectivity index is 1.86. The Bertz CT molecular complexity index is 649. The van der Waals surface area contributed by atoms with Crippen LogP contribution in [0.25, 0.3) is 0 Å². The maximum atomic E-state index is 12.0. The summed E-state index contributed by atoms with van der Waals surface area (Å²) in [4.78, 5) is 0. The molecule has 0 aromatic carbocycles. The molecule has 3 aliphatic carbocycles. The molecular formula is C24H40O5. The van der Waals surface area contributed by atoms with Crippen LogP contribution in [0.2, 0.25) is 0 Å². The number of ether oxygens (including phenoxy) is 2. The first-order valence-corrected chi connectivity index (χ1v) is 11.5. The third-order valence-electron chi connectivity index (χ3n) is 9.83. The zero-order chi connectivity index (χ0) is 21.4. The van der Waals surface area contributed by atoms with Gasteiger partial charge < -0.3 is 24.8 Å². The van der Waals surface area contributed by atoms with E-state index in [0.29, 0.717) is 31.3 Å². The van der Waals surface area contributed by atoms with Crippen molar-refractivity contribution in [3.63, 3.8) is 0 Å². The average molecular weight is 409 g/mol. The van der Waals surface area contributed by atoms with Crippen LogP contribution in [-0.4, -0.2) is 52.1 Å².